The summed E-state index contributed by atoms with van der Waals surface area (Å²) < 4.78 is 0. The highest BCUT2D eigenvalue weighted by molar-refractivity contribution is 8.19. The fourth-order valence-electron chi connectivity index (χ4n) is 4.36. The predicted molar refractivity (Wildman–Crippen MR) is 132 cm³/mol. The van der Waals surface area contributed by atoms with Gasteiger partial charge in [-0.3, -0.25) is 9.69 Å². The number of anilines is 1. The Labute approximate surface area is 196 Å². The number of aryl methyl sites for hydroxylation is 1. The van der Waals surface area contributed by atoms with Gasteiger partial charge in [0.25, 0.3) is 5.91 Å². The molecule has 4 nitrogen and oxygen atoms in total. The van der Waals surface area contributed by atoms with Gasteiger partial charge in [0.05, 0.1) is 16.4 Å². The Morgan fingerprint density at radius 2 is 1.84 bits per heavy atom. The number of hydrogen-bond acceptors (Lipinski definition) is 5. The van der Waals surface area contributed by atoms with E-state index in [1.165, 1.54) is 31.0 Å². The molecule has 0 atom stereocenters. The maximum Gasteiger partial charge on any atom is 0.269 e. The van der Waals surface area contributed by atoms with Crippen molar-refractivity contribution in [3.63, 3.8) is 0 Å². The minimum atomic E-state index is 0.0810. The molecule has 1 amide bonds. The third-order valence-corrected chi connectivity index (χ3v) is 8.72. The molecule has 1 saturated heterocycles. The second kappa shape index (κ2) is 8.57. The van der Waals surface area contributed by atoms with E-state index in [1.807, 2.05) is 48.3 Å². The Kier molecular flexibility index (Phi) is 5.80. The summed E-state index contributed by atoms with van der Waals surface area (Å²) in [6.45, 7) is 2.06. The Bertz CT molecular complexity index is 1110. The minimum Gasteiger partial charge on any atom is -0.337 e. The van der Waals surface area contributed by atoms with Gasteiger partial charge in [0, 0.05) is 23.0 Å². The number of para-hydroxylation sites is 1. The summed E-state index contributed by atoms with van der Waals surface area (Å²) in [6.07, 6.45) is 5.67. The molecule has 0 bridgehead atoms. The summed E-state index contributed by atoms with van der Waals surface area (Å²) in [7, 11) is 2.01. The van der Waals surface area contributed by atoms with E-state index in [2.05, 4.69) is 17.9 Å². The van der Waals surface area contributed by atoms with Gasteiger partial charge in [0.1, 0.15) is 4.91 Å². The largest absolute Gasteiger partial charge is 0.337 e. The van der Waals surface area contributed by atoms with Crippen molar-refractivity contribution in [1.82, 2.24) is 4.90 Å². The first-order valence-corrected chi connectivity index (χ1v) is 12.6. The molecule has 3 aliphatic rings. The molecule has 0 aromatic heterocycles. The fraction of sp³-hybridized carbons (Fsp3) is 0.333. The van der Waals surface area contributed by atoms with Gasteiger partial charge in [-0.25, -0.2) is 4.99 Å². The van der Waals surface area contributed by atoms with E-state index in [0.717, 1.165) is 49.8 Å². The molecule has 160 valence electrons. The van der Waals surface area contributed by atoms with Gasteiger partial charge in [-0.1, -0.05) is 60.8 Å². The second-order valence-corrected chi connectivity index (χ2v) is 10.6. The van der Waals surface area contributed by atoms with Crippen molar-refractivity contribution < 1.29 is 4.79 Å². The van der Waals surface area contributed by atoms with E-state index in [0.29, 0.717) is 5.02 Å². The first kappa shape index (κ1) is 21.0. The van der Waals surface area contributed by atoms with Gasteiger partial charge >= 0.3 is 0 Å². The molecule has 0 unspecified atom stereocenters. The SMILES string of the molecule is Cc1ccccc1N=C1S/C(=C2\Sc3ccc(Cl)cc3N2C)C(=O)N1C1CCCCC1. The van der Waals surface area contributed by atoms with Crippen LogP contribution in [0.2, 0.25) is 5.02 Å². The third kappa shape index (κ3) is 3.90. The first-order valence-electron chi connectivity index (χ1n) is 10.6. The number of carbonyl (C=O) groups is 1. The highest BCUT2D eigenvalue weighted by Gasteiger charge is 2.42. The minimum absolute atomic E-state index is 0.0810. The molecule has 5 rings (SSSR count). The number of amidine groups is 1. The van der Waals surface area contributed by atoms with Crippen LogP contribution in [-0.4, -0.2) is 29.1 Å². The van der Waals surface area contributed by atoms with Crippen molar-refractivity contribution in [3.8, 4) is 0 Å². The molecule has 31 heavy (non-hydrogen) atoms. The third-order valence-electron chi connectivity index (χ3n) is 6.07. The average molecular weight is 470 g/mol. The fourth-order valence-corrected chi connectivity index (χ4v) is 6.91. The Morgan fingerprint density at radius 3 is 2.61 bits per heavy atom. The summed E-state index contributed by atoms with van der Waals surface area (Å²) in [5.41, 5.74) is 3.08. The van der Waals surface area contributed by atoms with Gasteiger partial charge < -0.3 is 4.90 Å². The zero-order chi connectivity index (χ0) is 21.5. The lowest BCUT2D eigenvalue weighted by Gasteiger charge is -2.30. The number of benzene rings is 2. The Balaban J connectivity index is 1.57. The van der Waals surface area contributed by atoms with E-state index >= 15 is 0 Å². The zero-order valence-corrected chi connectivity index (χ0v) is 20.0. The van der Waals surface area contributed by atoms with E-state index in [4.69, 9.17) is 16.6 Å². The van der Waals surface area contributed by atoms with Crippen molar-refractivity contribution in [2.75, 3.05) is 11.9 Å². The molecule has 0 N–H and O–H groups in total. The second-order valence-electron chi connectivity index (χ2n) is 8.16. The van der Waals surface area contributed by atoms with Crippen LogP contribution in [0.4, 0.5) is 11.4 Å². The molecule has 2 aliphatic heterocycles. The van der Waals surface area contributed by atoms with Crippen LogP contribution < -0.4 is 4.90 Å². The number of amides is 1. The topological polar surface area (TPSA) is 35.9 Å². The van der Waals surface area contributed by atoms with E-state index in [-0.39, 0.29) is 11.9 Å². The van der Waals surface area contributed by atoms with Crippen LogP contribution in [0.5, 0.6) is 0 Å². The Morgan fingerprint density at radius 1 is 1.06 bits per heavy atom. The summed E-state index contributed by atoms with van der Waals surface area (Å²) in [6, 6.07) is 14.2. The van der Waals surface area contributed by atoms with Crippen LogP contribution in [0.15, 0.2) is 62.3 Å². The molecule has 0 radical (unpaired) electrons. The van der Waals surface area contributed by atoms with Crippen LogP contribution >= 0.6 is 35.1 Å². The monoisotopic (exact) mass is 469 g/mol. The molecule has 1 saturated carbocycles. The highest BCUT2D eigenvalue weighted by Crippen LogP contribution is 2.51. The summed E-state index contributed by atoms with van der Waals surface area (Å²) in [4.78, 5) is 24.7. The van der Waals surface area contributed by atoms with Crippen LogP contribution in [0.3, 0.4) is 0 Å². The van der Waals surface area contributed by atoms with Crippen LogP contribution in [0.25, 0.3) is 0 Å². The maximum absolute atomic E-state index is 13.7. The van der Waals surface area contributed by atoms with Crippen molar-refractivity contribution in [2.24, 2.45) is 4.99 Å². The van der Waals surface area contributed by atoms with E-state index in [1.54, 1.807) is 11.8 Å². The first-order chi connectivity index (χ1) is 15.0. The molecule has 2 aromatic carbocycles. The van der Waals surface area contributed by atoms with Crippen LogP contribution in [-0.2, 0) is 4.79 Å². The number of hydrogen-bond donors (Lipinski definition) is 0. The van der Waals surface area contributed by atoms with Gasteiger partial charge in [-0.15, -0.1) is 0 Å². The molecular weight excluding hydrogens is 446 g/mol. The van der Waals surface area contributed by atoms with Gasteiger partial charge in [0.2, 0.25) is 0 Å². The van der Waals surface area contributed by atoms with E-state index in [9.17, 15) is 4.79 Å². The molecule has 0 spiro atoms. The predicted octanol–water partition coefficient (Wildman–Crippen LogP) is 6.96. The number of carbonyl (C=O) groups excluding carboxylic acids is 1. The number of thioether (sulfide) groups is 2. The lowest BCUT2D eigenvalue weighted by Crippen LogP contribution is -2.40. The van der Waals surface area contributed by atoms with Gasteiger partial charge in [0.15, 0.2) is 5.17 Å². The number of aliphatic imine (C=N–C) groups is 1. The molecular formula is C24H24ClN3OS2. The van der Waals surface area contributed by atoms with Gasteiger partial charge in [-0.05, 0) is 61.4 Å². The summed E-state index contributed by atoms with van der Waals surface area (Å²) >= 11 is 9.37. The van der Waals surface area contributed by atoms with Crippen LogP contribution in [0.1, 0.15) is 37.7 Å². The smallest absolute Gasteiger partial charge is 0.269 e. The quantitative estimate of drug-likeness (QED) is 0.445. The highest BCUT2D eigenvalue weighted by atomic mass is 35.5. The van der Waals surface area contributed by atoms with E-state index < -0.39 is 0 Å². The lowest BCUT2D eigenvalue weighted by molar-refractivity contribution is -0.124. The normalized spacial score (nSPS) is 23.2. The lowest BCUT2D eigenvalue weighted by atomic mass is 9.94. The van der Waals surface area contributed by atoms with Crippen molar-refractivity contribution in [1.29, 1.82) is 0 Å². The molecule has 7 heteroatoms. The standard InChI is InChI=1S/C24H24ClN3OS2/c1-15-8-6-7-11-18(15)26-24-28(17-9-4-3-5-10-17)22(29)21(31-24)23-27(2)19-14-16(25)12-13-20(19)30-23/h6-8,11-14,17H,3-5,9-10H2,1-2H3/b23-21-,26-24?. The van der Waals surface area contributed by atoms with Crippen molar-refractivity contribution in [2.45, 2.75) is 50.0 Å². The molecule has 2 heterocycles. The van der Waals surface area contributed by atoms with Crippen LogP contribution in [0, 0.1) is 6.92 Å². The Hall–Kier alpha value is -1.89. The summed E-state index contributed by atoms with van der Waals surface area (Å²) in [5.74, 6) is 0.0810. The molecule has 2 fully saturated rings. The summed E-state index contributed by atoms with van der Waals surface area (Å²) in [5, 5.41) is 2.47. The zero-order valence-electron chi connectivity index (χ0n) is 17.6. The molecule has 2 aromatic rings. The maximum atomic E-state index is 13.7. The van der Waals surface area contributed by atoms with Crippen molar-refractivity contribution >= 4 is 57.6 Å². The number of nitrogens with zero attached hydrogens (tertiary/aromatic N) is 3. The average Bonchev–Trinajstić information content (AvgIpc) is 3.26. The number of rotatable bonds is 2. The molecule has 1 aliphatic carbocycles. The number of fused-ring (bicyclic) bond motifs is 1. The number of halogens is 1. The van der Waals surface area contributed by atoms with Gasteiger partial charge in [-0.2, -0.15) is 0 Å². The van der Waals surface area contributed by atoms with Crippen molar-refractivity contribution in [3.05, 3.63) is 63.0 Å².